The van der Waals surface area contributed by atoms with E-state index in [1.807, 2.05) is 30.3 Å². The summed E-state index contributed by atoms with van der Waals surface area (Å²) in [4.78, 5) is 0. The fraction of sp³-hybridized carbons (Fsp3) is 0.100. The van der Waals surface area contributed by atoms with E-state index in [4.69, 9.17) is 16.2 Å². The van der Waals surface area contributed by atoms with E-state index in [1.165, 1.54) is 5.56 Å². The van der Waals surface area contributed by atoms with Gasteiger partial charge < -0.3 is 16.2 Å². The van der Waals surface area contributed by atoms with Crippen molar-refractivity contribution in [1.82, 2.24) is 0 Å². The fourth-order valence-electron chi connectivity index (χ4n) is 1.11. The quantitative estimate of drug-likeness (QED) is 0.440. The lowest BCUT2D eigenvalue weighted by atomic mass is 10.1. The molecule has 0 unspecified atom stereocenters. The molecule has 1 aromatic carbocycles. The third-order valence-corrected chi connectivity index (χ3v) is 2.02. The van der Waals surface area contributed by atoms with Gasteiger partial charge in [-0.25, -0.2) is 4.57 Å². The van der Waals surface area contributed by atoms with Crippen LogP contribution < -0.4 is 16.2 Å². The number of hydrogen-bond donors (Lipinski definition) is 2. The van der Waals surface area contributed by atoms with E-state index in [0.29, 0.717) is 6.61 Å². The first kappa shape index (κ1) is 12.2. The number of nitrogens with zero attached hydrogens (tertiary/aromatic N) is 1. The second-order valence-corrected chi connectivity index (χ2v) is 3.22. The van der Waals surface area contributed by atoms with Crippen LogP contribution in [-0.2, 0) is 4.57 Å². The lowest BCUT2D eigenvalue weighted by Gasteiger charge is -2.10. The molecule has 4 N–H and O–H groups in total. The molecule has 84 valence electrons. The van der Waals surface area contributed by atoms with Gasteiger partial charge in [0.15, 0.2) is 5.96 Å². The van der Waals surface area contributed by atoms with Crippen LogP contribution in [0.2, 0.25) is 0 Å². The van der Waals surface area contributed by atoms with Crippen LogP contribution in [0.4, 0.5) is 0 Å². The number of benzene rings is 1. The lowest BCUT2D eigenvalue weighted by molar-refractivity contribution is 0.358. The molecule has 0 bridgehead atoms. The topological polar surface area (TPSA) is 90.7 Å². The maximum absolute atomic E-state index is 9.36. The van der Waals surface area contributed by atoms with Crippen molar-refractivity contribution in [2.75, 3.05) is 6.61 Å². The van der Waals surface area contributed by atoms with E-state index in [-0.39, 0.29) is 14.6 Å². The molecule has 5 nitrogen and oxygen atoms in total. The van der Waals surface area contributed by atoms with Crippen molar-refractivity contribution in [1.29, 1.82) is 0 Å². The van der Waals surface area contributed by atoms with E-state index in [2.05, 4.69) is 10.8 Å². The largest absolute Gasteiger partial charge is 0.489 e. The molecule has 0 spiro atoms. The molecule has 1 heterocycles. The number of para-hydroxylation sites is 1. The van der Waals surface area contributed by atoms with Gasteiger partial charge in [-0.1, -0.05) is 24.3 Å². The highest BCUT2D eigenvalue weighted by Crippen LogP contribution is 2.21. The molecule has 1 aromatic rings. The summed E-state index contributed by atoms with van der Waals surface area (Å²) in [6.45, 7) is 0.705. The normalized spacial score (nSPS) is 11.8. The maximum Gasteiger partial charge on any atom is 0.306 e. The third kappa shape index (κ3) is 4.11. The Hall–Kier alpha value is -1.87. The molecule has 1 aliphatic heterocycles. The molecule has 2 rings (SSSR count). The van der Waals surface area contributed by atoms with Crippen molar-refractivity contribution in [2.24, 2.45) is 16.2 Å². The standard InChI is InChI=1S/C9H8O.CH4N3OP/c1-2-6-9-8(4-1)5-3-7-10-9;2-1(3)4-6-5/h1-6H,7H2;(H4,2,3,4,5). The van der Waals surface area contributed by atoms with Gasteiger partial charge in [0.2, 0.25) is 0 Å². The Morgan fingerprint density at radius 3 is 2.69 bits per heavy atom. The molecular weight excluding hydrogens is 225 g/mol. The highest BCUT2D eigenvalue weighted by Gasteiger charge is 2.01. The third-order valence-electron chi connectivity index (χ3n) is 1.71. The Bertz CT molecular complexity index is 414. The molecule has 0 aliphatic carbocycles. The van der Waals surface area contributed by atoms with E-state index in [0.717, 1.165) is 5.75 Å². The van der Waals surface area contributed by atoms with Crippen molar-refractivity contribution in [3.8, 4) is 5.75 Å². The molecule has 0 radical (unpaired) electrons. The van der Waals surface area contributed by atoms with Crippen LogP contribution in [0.3, 0.4) is 0 Å². The van der Waals surface area contributed by atoms with Gasteiger partial charge in [0.05, 0.1) is 0 Å². The molecule has 0 amide bonds. The second-order valence-electron chi connectivity index (χ2n) is 2.86. The minimum absolute atomic E-state index is 0.160. The Morgan fingerprint density at radius 1 is 1.38 bits per heavy atom. The van der Waals surface area contributed by atoms with Gasteiger partial charge in [0.25, 0.3) is 0 Å². The van der Waals surface area contributed by atoms with Crippen LogP contribution in [0.5, 0.6) is 5.75 Å². The molecule has 6 heteroatoms. The Balaban J connectivity index is 0.000000187. The van der Waals surface area contributed by atoms with Gasteiger partial charge in [-0.2, -0.15) is 4.76 Å². The summed E-state index contributed by atoms with van der Waals surface area (Å²) in [6, 6.07) is 8.03. The zero-order valence-electron chi connectivity index (χ0n) is 8.54. The minimum atomic E-state index is -0.388. The summed E-state index contributed by atoms with van der Waals surface area (Å²) in [5, 5.41) is 0. The predicted octanol–water partition coefficient (Wildman–Crippen LogP) is 1.56. The molecule has 0 atom stereocenters. The first-order valence-electron chi connectivity index (χ1n) is 4.53. The molecule has 16 heavy (non-hydrogen) atoms. The van der Waals surface area contributed by atoms with Gasteiger partial charge >= 0.3 is 8.61 Å². The van der Waals surface area contributed by atoms with Crippen LogP contribution in [-0.4, -0.2) is 12.6 Å². The van der Waals surface area contributed by atoms with Crippen molar-refractivity contribution >= 4 is 20.6 Å². The molecule has 0 aromatic heterocycles. The zero-order valence-corrected chi connectivity index (χ0v) is 9.43. The first-order chi connectivity index (χ1) is 7.74. The minimum Gasteiger partial charge on any atom is -0.489 e. The van der Waals surface area contributed by atoms with E-state index in [9.17, 15) is 4.57 Å². The van der Waals surface area contributed by atoms with Crippen LogP contribution in [0.1, 0.15) is 5.56 Å². The van der Waals surface area contributed by atoms with Crippen LogP contribution in [0, 0.1) is 0 Å². The highest BCUT2D eigenvalue weighted by molar-refractivity contribution is 7.22. The smallest absolute Gasteiger partial charge is 0.306 e. The Kier molecular flexibility index (Phi) is 5.02. The average Bonchev–Trinajstić information content (AvgIpc) is 2.30. The number of guanidine groups is 1. The van der Waals surface area contributed by atoms with Gasteiger partial charge in [0.1, 0.15) is 12.4 Å². The number of fused-ring (bicyclic) bond motifs is 1. The maximum atomic E-state index is 9.36. The van der Waals surface area contributed by atoms with E-state index in [1.54, 1.807) is 0 Å². The lowest BCUT2D eigenvalue weighted by Crippen LogP contribution is -2.21. The fourth-order valence-corrected chi connectivity index (χ4v) is 1.20. The van der Waals surface area contributed by atoms with Crippen molar-refractivity contribution in [3.63, 3.8) is 0 Å². The summed E-state index contributed by atoms with van der Waals surface area (Å²) in [5.41, 5.74) is 10.6. The number of rotatable bonds is 1. The highest BCUT2D eigenvalue weighted by atomic mass is 31.1. The van der Waals surface area contributed by atoms with Gasteiger partial charge in [0, 0.05) is 5.56 Å². The summed E-state index contributed by atoms with van der Waals surface area (Å²) < 4.78 is 17.7. The van der Waals surface area contributed by atoms with E-state index >= 15 is 0 Å². The SMILES string of the molecule is C1=Cc2ccccc2OC1.NC(N)=NP=O. The Morgan fingerprint density at radius 2 is 2.12 bits per heavy atom. The molecule has 0 saturated carbocycles. The molecule has 0 fully saturated rings. The van der Waals surface area contributed by atoms with Crippen LogP contribution in [0.15, 0.2) is 35.1 Å². The van der Waals surface area contributed by atoms with Crippen molar-refractivity contribution in [3.05, 3.63) is 35.9 Å². The summed E-state index contributed by atoms with van der Waals surface area (Å²) in [6.07, 6.45) is 4.10. The summed E-state index contributed by atoms with van der Waals surface area (Å²) in [7, 11) is -0.388. The Labute approximate surface area is 95.1 Å². The zero-order chi connectivity index (χ0) is 11.8. The van der Waals surface area contributed by atoms with Gasteiger partial charge in [-0.15, -0.1) is 0 Å². The summed E-state index contributed by atoms with van der Waals surface area (Å²) >= 11 is 0. The molecule has 1 aliphatic rings. The van der Waals surface area contributed by atoms with Gasteiger partial charge in [-0.05, 0) is 12.1 Å². The number of hydrogen-bond acceptors (Lipinski definition) is 2. The number of ether oxygens (including phenoxy) is 1. The monoisotopic (exact) mass is 237 g/mol. The molecule has 0 saturated heterocycles. The summed E-state index contributed by atoms with van der Waals surface area (Å²) in [5.74, 6) is 0.830. The average molecular weight is 237 g/mol. The van der Waals surface area contributed by atoms with Crippen LogP contribution in [0.25, 0.3) is 6.08 Å². The van der Waals surface area contributed by atoms with Crippen LogP contribution >= 0.6 is 8.61 Å². The number of nitrogens with two attached hydrogens (primary N) is 2. The van der Waals surface area contributed by atoms with E-state index < -0.39 is 0 Å². The van der Waals surface area contributed by atoms with Crippen molar-refractivity contribution in [2.45, 2.75) is 0 Å². The first-order valence-corrected chi connectivity index (χ1v) is 5.30. The predicted molar refractivity (Wildman–Crippen MR) is 64.4 cm³/mol. The molecular formula is C10H12N3O2P. The van der Waals surface area contributed by atoms with Gasteiger partial charge in [-0.3, -0.25) is 0 Å². The second kappa shape index (κ2) is 6.58. The van der Waals surface area contributed by atoms with Crippen molar-refractivity contribution < 1.29 is 9.30 Å².